The molecule has 0 saturated carbocycles. The summed E-state index contributed by atoms with van der Waals surface area (Å²) >= 11 is 3.27. The van der Waals surface area contributed by atoms with Gasteiger partial charge in [0.2, 0.25) is 5.91 Å². The van der Waals surface area contributed by atoms with Crippen LogP contribution in [-0.2, 0) is 17.8 Å². The van der Waals surface area contributed by atoms with Gasteiger partial charge in [-0.15, -0.1) is 5.10 Å². The lowest BCUT2D eigenvalue weighted by molar-refractivity contribution is -0.119. The van der Waals surface area contributed by atoms with Crippen molar-refractivity contribution in [3.05, 3.63) is 34.3 Å². The number of nitrogens with zero attached hydrogens (tertiary/aromatic N) is 5. The first-order valence-electron chi connectivity index (χ1n) is 6.14. The van der Waals surface area contributed by atoms with E-state index in [1.54, 1.807) is 0 Å². The highest BCUT2D eigenvalue weighted by Gasteiger charge is 2.26. The van der Waals surface area contributed by atoms with Crippen LogP contribution in [0.15, 0.2) is 22.9 Å². The largest absolute Gasteiger partial charge is 0.308 e. The lowest BCUT2D eigenvalue weighted by atomic mass is 10.0. The predicted molar refractivity (Wildman–Crippen MR) is 72.6 cm³/mol. The molecule has 1 aliphatic rings. The number of hydrogen-bond acceptors (Lipinski definition) is 4. The van der Waals surface area contributed by atoms with Gasteiger partial charge in [0.1, 0.15) is 18.7 Å². The average molecular weight is 340 g/mol. The maximum atomic E-state index is 14.2. The second-order valence-electron chi connectivity index (χ2n) is 4.55. The van der Waals surface area contributed by atoms with Crippen molar-refractivity contribution in [2.24, 2.45) is 0 Å². The summed E-state index contributed by atoms with van der Waals surface area (Å²) in [5, 5.41) is 10.6. The summed E-state index contributed by atoms with van der Waals surface area (Å²) in [6, 6.07) is 3.23. The van der Waals surface area contributed by atoms with Gasteiger partial charge in [-0.3, -0.25) is 4.79 Å². The summed E-state index contributed by atoms with van der Waals surface area (Å²) in [5.74, 6) is -0.612. The Bertz CT molecular complexity index is 646. The fraction of sp³-hybridized carbons (Fsp3) is 0.333. The zero-order chi connectivity index (χ0) is 14.1. The van der Waals surface area contributed by atoms with Crippen molar-refractivity contribution < 1.29 is 9.18 Å². The molecule has 0 spiro atoms. The van der Waals surface area contributed by atoms with E-state index >= 15 is 0 Å². The number of halogens is 2. The summed E-state index contributed by atoms with van der Waals surface area (Å²) in [5.41, 5.74) is 1.21. The Kier molecular flexibility index (Phi) is 3.47. The molecule has 0 fully saturated rings. The van der Waals surface area contributed by atoms with E-state index in [4.69, 9.17) is 0 Å². The third-order valence-electron chi connectivity index (χ3n) is 3.19. The number of anilines is 1. The standard InChI is InChI=1S/C12H11BrFN5O/c13-9-4-8-2-1-3-19(12(8)10(14)5-9)11(20)6-18-7-15-16-17-18/h4-5,7H,1-3,6H2. The number of carbonyl (C=O) groups is 1. The smallest absolute Gasteiger partial charge is 0.248 e. The molecule has 20 heavy (non-hydrogen) atoms. The first-order valence-corrected chi connectivity index (χ1v) is 6.93. The lowest BCUT2D eigenvalue weighted by Gasteiger charge is -2.30. The third-order valence-corrected chi connectivity index (χ3v) is 3.65. The van der Waals surface area contributed by atoms with Crippen LogP contribution in [0.25, 0.3) is 0 Å². The quantitative estimate of drug-likeness (QED) is 0.832. The average Bonchev–Trinajstić information content (AvgIpc) is 2.90. The number of amides is 1. The predicted octanol–water partition coefficient (Wildman–Crippen LogP) is 1.55. The molecule has 1 aliphatic heterocycles. The normalized spacial score (nSPS) is 14.2. The Morgan fingerprint density at radius 3 is 3.05 bits per heavy atom. The van der Waals surface area contributed by atoms with Crippen LogP contribution in [0, 0.1) is 5.82 Å². The van der Waals surface area contributed by atoms with Crippen molar-refractivity contribution in [3.8, 4) is 0 Å². The molecule has 0 bridgehead atoms. The highest BCUT2D eigenvalue weighted by atomic mass is 79.9. The van der Waals surface area contributed by atoms with E-state index in [0.29, 0.717) is 16.7 Å². The minimum absolute atomic E-state index is 0.00193. The Morgan fingerprint density at radius 2 is 2.30 bits per heavy atom. The molecule has 6 nitrogen and oxygen atoms in total. The van der Waals surface area contributed by atoms with Crippen LogP contribution in [0.4, 0.5) is 10.1 Å². The van der Waals surface area contributed by atoms with Crippen molar-refractivity contribution in [1.29, 1.82) is 0 Å². The molecule has 1 aromatic carbocycles. The number of tetrazole rings is 1. The van der Waals surface area contributed by atoms with E-state index in [9.17, 15) is 9.18 Å². The molecular weight excluding hydrogens is 329 g/mol. The first kappa shape index (κ1) is 13.2. The number of rotatable bonds is 2. The molecule has 104 valence electrons. The minimum atomic E-state index is -0.390. The number of benzene rings is 1. The summed E-state index contributed by atoms with van der Waals surface area (Å²) in [4.78, 5) is 13.8. The molecule has 3 rings (SSSR count). The van der Waals surface area contributed by atoms with Crippen molar-refractivity contribution in [2.45, 2.75) is 19.4 Å². The van der Waals surface area contributed by atoms with Gasteiger partial charge in [-0.2, -0.15) is 0 Å². The van der Waals surface area contributed by atoms with Crippen molar-refractivity contribution >= 4 is 27.5 Å². The number of aromatic nitrogens is 4. The number of hydrogen-bond donors (Lipinski definition) is 0. The highest BCUT2D eigenvalue weighted by molar-refractivity contribution is 9.10. The monoisotopic (exact) mass is 339 g/mol. The van der Waals surface area contributed by atoms with Crippen molar-refractivity contribution in [2.75, 3.05) is 11.4 Å². The zero-order valence-corrected chi connectivity index (χ0v) is 12.0. The van der Waals surface area contributed by atoms with Gasteiger partial charge in [0.25, 0.3) is 0 Å². The Labute approximate surface area is 122 Å². The molecule has 0 atom stereocenters. The number of aryl methyl sites for hydroxylation is 1. The molecule has 8 heteroatoms. The first-order chi connectivity index (χ1) is 9.65. The zero-order valence-electron chi connectivity index (χ0n) is 10.5. The summed E-state index contributed by atoms with van der Waals surface area (Å²) in [7, 11) is 0. The molecule has 0 radical (unpaired) electrons. The van der Waals surface area contributed by atoms with E-state index in [2.05, 4.69) is 31.5 Å². The summed E-state index contributed by atoms with van der Waals surface area (Å²) in [6.45, 7) is 0.508. The van der Waals surface area contributed by atoms with Crippen LogP contribution in [0.2, 0.25) is 0 Å². The van der Waals surface area contributed by atoms with Crippen molar-refractivity contribution in [3.63, 3.8) is 0 Å². The maximum Gasteiger partial charge on any atom is 0.248 e. The lowest BCUT2D eigenvalue weighted by Crippen LogP contribution is -2.38. The molecule has 1 amide bonds. The van der Waals surface area contributed by atoms with Crippen LogP contribution in [0.3, 0.4) is 0 Å². The summed E-state index contributed by atoms with van der Waals surface area (Å²) < 4.78 is 16.2. The molecule has 0 saturated heterocycles. The second kappa shape index (κ2) is 5.28. The van der Waals surface area contributed by atoms with E-state index in [-0.39, 0.29) is 18.3 Å². The summed E-state index contributed by atoms with van der Waals surface area (Å²) in [6.07, 6.45) is 2.94. The van der Waals surface area contributed by atoms with Crippen LogP contribution in [0.5, 0.6) is 0 Å². The SMILES string of the molecule is O=C(Cn1cnnn1)N1CCCc2cc(Br)cc(F)c21. The fourth-order valence-corrected chi connectivity index (χ4v) is 2.85. The van der Waals surface area contributed by atoms with Gasteiger partial charge in [-0.25, -0.2) is 9.07 Å². The van der Waals surface area contributed by atoms with E-state index in [1.807, 2.05) is 6.07 Å². The maximum absolute atomic E-state index is 14.2. The molecular formula is C12H11BrFN5O. The molecule has 0 aliphatic carbocycles. The molecule has 0 N–H and O–H groups in total. The number of carbonyl (C=O) groups excluding carboxylic acids is 1. The van der Waals surface area contributed by atoms with Gasteiger partial charge in [0, 0.05) is 11.0 Å². The van der Waals surface area contributed by atoms with Crippen LogP contribution < -0.4 is 4.90 Å². The van der Waals surface area contributed by atoms with Gasteiger partial charge < -0.3 is 4.90 Å². The molecule has 2 heterocycles. The topological polar surface area (TPSA) is 63.9 Å². The molecule has 2 aromatic rings. The van der Waals surface area contributed by atoms with Gasteiger partial charge in [-0.1, -0.05) is 15.9 Å². The van der Waals surface area contributed by atoms with Crippen LogP contribution >= 0.6 is 15.9 Å². The van der Waals surface area contributed by atoms with Crippen LogP contribution in [0.1, 0.15) is 12.0 Å². The Hall–Kier alpha value is -1.83. The highest BCUT2D eigenvalue weighted by Crippen LogP contribution is 2.33. The van der Waals surface area contributed by atoms with Crippen LogP contribution in [-0.4, -0.2) is 32.7 Å². The third kappa shape index (κ3) is 2.43. The van der Waals surface area contributed by atoms with Gasteiger partial charge in [-0.05, 0) is 41.0 Å². The minimum Gasteiger partial charge on any atom is -0.308 e. The van der Waals surface area contributed by atoms with Gasteiger partial charge >= 0.3 is 0 Å². The fourth-order valence-electron chi connectivity index (χ4n) is 2.38. The molecule has 0 unspecified atom stereocenters. The number of fused-ring (bicyclic) bond motifs is 1. The van der Waals surface area contributed by atoms with Gasteiger partial charge in [0.15, 0.2) is 0 Å². The van der Waals surface area contributed by atoms with Crippen molar-refractivity contribution in [1.82, 2.24) is 20.2 Å². The van der Waals surface area contributed by atoms with E-state index in [1.165, 1.54) is 22.0 Å². The Morgan fingerprint density at radius 1 is 1.45 bits per heavy atom. The van der Waals surface area contributed by atoms with Gasteiger partial charge in [0.05, 0.1) is 5.69 Å². The molecule has 1 aromatic heterocycles. The second-order valence-corrected chi connectivity index (χ2v) is 5.47. The van der Waals surface area contributed by atoms with E-state index < -0.39 is 0 Å². The Balaban J connectivity index is 1.91. The van der Waals surface area contributed by atoms with E-state index in [0.717, 1.165) is 18.4 Å².